The number of benzene rings is 1. The number of aromatic nitrogens is 1. The highest BCUT2D eigenvalue weighted by atomic mass is 32.2. The summed E-state index contributed by atoms with van der Waals surface area (Å²) in [5.74, 6) is -0.493. The molecule has 0 radical (unpaired) electrons. The summed E-state index contributed by atoms with van der Waals surface area (Å²) in [6.45, 7) is 5.60. The van der Waals surface area contributed by atoms with Gasteiger partial charge in [0.2, 0.25) is 15.8 Å². The average molecular weight is 461 g/mol. The Morgan fingerprint density at radius 1 is 1.19 bits per heavy atom. The largest absolute Gasteiger partial charge is 0.495 e. The van der Waals surface area contributed by atoms with E-state index < -0.39 is 22.1 Å². The number of furan rings is 1. The molecule has 3 aromatic rings. The molecule has 0 aliphatic rings. The van der Waals surface area contributed by atoms with E-state index in [1.54, 1.807) is 25.3 Å². The molecule has 10 heteroatoms. The van der Waals surface area contributed by atoms with E-state index in [9.17, 15) is 18.0 Å². The molecule has 1 atom stereocenters. The van der Waals surface area contributed by atoms with Crippen LogP contribution in [-0.2, 0) is 21.3 Å². The minimum absolute atomic E-state index is 0.00262. The van der Waals surface area contributed by atoms with Gasteiger partial charge in [0.05, 0.1) is 25.5 Å². The van der Waals surface area contributed by atoms with Crippen LogP contribution in [0.15, 0.2) is 52.0 Å². The van der Waals surface area contributed by atoms with Crippen molar-refractivity contribution in [3.05, 3.63) is 70.9 Å². The number of nitrogens with zero attached hydrogens (tertiary/aromatic N) is 1. The fraction of sp³-hybridized carbons (Fsp3) is 0.273. The summed E-state index contributed by atoms with van der Waals surface area (Å²) in [7, 11) is -2.85. The number of nitrogens with two attached hydrogens (primary N) is 1. The third-order valence-corrected chi connectivity index (χ3v) is 6.02. The monoisotopic (exact) mass is 460 g/mol. The number of hydrogen-bond donors (Lipinski definition) is 1. The molecule has 2 aromatic heterocycles. The zero-order valence-electron chi connectivity index (χ0n) is 18.1. The summed E-state index contributed by atoms with van der Waals surface area (Å²) in [6.07, 6.45) is 0.484. The van der Waals surface area contributed by atoms with Crippen molar-refractivity contribution >= 4 is 21.8 Å². The first-order chi connectivity index (χ1) is 15.0. The van der Waals surface area contributed by atoms with E-state index in [0.717, 1.165) is 17.5 Å². The number of aryl methyl sites for hydroxylation is 1. The molecule has 9 nitrogen and oxygen atoms in total. The maximum atomic E-state index is 13.0. The number of methoxy groups -OCH3 is 1. The first-order valence-electron chi connectivity index (χ1n) is 9.68. The average Bonchev–Trinajstić information content (AvgIpc) is 3.35. The van der Waals surface area contributed by atoms with Gasteiger partial charge >= 0.3 is 5.97 Å². The molecule has 0 spiro atoms. The van der Waals surface area contributed by atoms with Crippen molar-refractivity contribution in [2.75, 3.05) is 7.11 Å². The summed E-state index contributed by atoms with van der Waals surface area (Å²) in [5.41, 5.74) is 1.92. The van der Waals surface area contributed by atoms with Crippen molar-refractivity contribution < 1.29 is 31.9 Å². The number of primary sulfonamides is 1. The van der Waals surface area contributed by atoms with Crippen molar-refractivity contribution in [3.8, 4) is 5.75 Å². The lowest BCUT2D eigenvalue weighted by molar-refractivity contribution is 0.0318. The standard InChI is InChI=1S/C22H24N2O7S/c1-13-10-18(14(2)24(13)12-17-6-5-9-30-17)21(25)15(3)31-22(26)16-7-8-19(29-4)20(11-16)32(23,27)28/h5-11,15H,12H2,1-4H3,(H2,23,27,28). The summed E-state index contributed by atoms with van der Waals surface area (Å²) in [4.78, 5) is 25.2. The molecule has 1 unspecified atom stereocenters. The SMILES string of the molecule is COc1ccc(C(=O)OC(C)C(=O)c2cc(C)n(Cc3ccco3)c2C)cc1S(N)(=O)=O. The van der Waals surface area contributed by atoms with Gasteiger partial charge in [0, 0.05) is 17.0 Å². The number of carbonyl (C=O) groups is 2. The van der Waals surface area contributed by atoms with Gasteiger partial charge in [-0.3, -0.25) is 4.79 Å². The minimum atomic E-state index is -4.13. The molecule has 0 aliphatic carbocycles. The van der Waals surface area contributed by atoms with Crippen LogP contribution in [-0.4, -0.2) is 38.0 Å². The Bertz CT molecular complexity index is 1260. The zero-order valence-corrected chi connectivity index (χ0v) is 18.9. The normalized spacial score (nSPS) is 12.4. The van der Waals surface area contributed by atoms with Crippen molar-refractivity contribution in [3.63, 3.8) is 0 Å². The molecule has 0 bridgehead atoms. The van der Waals surface area contributed by atoms with Crippen molar-refractivity contribution in [1.82, 2.24) is 4.57 Å². The van der Waals surface area contributed by atoms with Gasteiger partial charge in [-0.05, 0) is 57.2 Å². The minimum Gasteiger partial charge on any atom is -0.495 e. The predicted molar refractivity (Wildman–Crippen MR) is 115 cm³/mol. The highest BCUT2D eigenvalue weighted by molar-refractivity contribution is 7.89. The van der Waals surface area contributed by atoms with Gasteiger partial charge in [-0.15, -0.1) is 0 Å². The van der Waals surface area contributed by atoms with Gasteiger partial charge in [0.15, 0.2) is 6.10 Å². The number of Topliss-reactive ketones (excluding diaryl/α,β-unsaturated/α-hetero) is 1. The van der Waals surface area contributed by atoms with Crippen LogP contribution in [0.4, 0.5) is 0 Å². The second kappa shape index (κ2) is 9.01. The summed E-state index contributed by atoms with van der Waals surface area (Å²) >= 11 is 0. The topological polar surface area (TPSA) is 131 Å². The van der Waals surface area contributed by atoms with Crippen LogP contribution in [0.5, 0.6) is 5.75 Å². The number of ether oxygens (including phenoxy) is 2. The van der Waals surface area contributed by atoms with Crippen molar-refractivity contribution in [2.45, 2.75) is 38.3 Å². The Morgan fingerprint density at radius 3 is 2.50 bits per heavy atom. The van der Waals surface area contributed by atoms with E-state index in [1.165, 1.54) is 26.2 Å². The molecule has 2 N–H and O–H groups in total. The quantitative estimate of drug-likeness (QED) is 0.404. The van der Waals surface area contributed by atoms with Crippen molar-refractivity contribution in [1.29, 1.82) is 0 Å². The first-order valence-corrected chi connectivity index (χ1v) is 11.2. The van der Waals surface area contributed by atoms with Gasteiger partial charge in [-0.25, -0.2) is 18.4 Å². The van der Waals surface area contributed by atoms with E-state index in [-0.39, 0.29) is 22.0 Å². The van der Waals surface area contributed by atoms with Crippen molar-refractivity contribution in [2.24, 2.45) is 5.14 Å². The maximum Gasteiger partial charge on any atom is 0.338 e. The maximum absolute atomic E-state index is 13.0. The summed E-state index contributed by atoms with van der Waals surface area (Å²) in [6, 6.07) is 9.06. The van der Waals surface area contributed by atoms with Crippen LogP contribution < -0.4 is 9.88 Å². The van der Waals surface area contributed by atoms with Gasteiger partial charge in [0.1, 0.15) is 16.4 Å². The lowest BCUT2D eigenvalue weighted by atomic mass is 10.1. The summed E-state index contributed by atoms with van der Waals surface area (Å²) < 4.78 is 41.1. The van der Waals surface area contributed by atoms with E-state index >= 15 is 0 Å². The Kier molecular flexibility index (Phi) is 6.56. The molecular weight excluding hydrogens is 436 g/mol. The highest BCUT2D eigenvalue weighted by Gasteiger charge is 2.26. The predicted octanol–water partition coefficient (Wildman–Crippen LogP) is 2.83. The fourth-order valence-electron chi connectivity index (χ4n) is 3.38. The van der Waals surface area contributed by atoms with E-state index in [1.807, 2.05) is 17.6 Å². The molecule has 0 aliphatic heterocycles. The van der Waals surface area contributed by atoms with Crippen LogP contribution in [0.3, 0.4) is 0 Å². The van der Waals surface area contributed by atoms with Crippen LogP contribution in [0.2, 0.25) is 0 Å². The Morgan fingerprint density at radius 2 is 1.91 bits per heavy atom. The number of hydrogen-bond acceptors (Lipinski definition) is 7. The van der Waals surface area contributed by atoms with Gasteiger partial charge in [-0.1, -0.05) is 0 Å². The fourth-order valence-corrected chi connectivity index (χ4v) is 4.10. The zero-order chi connectivity index (χ0) is 23.6. The molecule has 32 heavy (non-hydrogen) atoms. The number of esters is 1. The van der Waals surface area contributed by atoms with Crippen LogP contribution in [0.1, 0.15) is 44.8 Å². The molecule has 0 fully saturated rings. The van der Waals surface area contributed by atoms with E-state index in [0.29, 0.717) is 17.8 Å². The number of ketones is 1. The van der Waals surface area contributed by atoms with Crippen LogP contribution in [0.25, 0.3) is 0 Å². The lowest BCUT2D eigenvalue weighted by Gasteiger charge is -2.14. The molecule has 3 rings (SSSR count). The summed E-state index contributed by atoms with van der Waals surface area (Å²) in [5, 5.41) is 5.19. The molecular formula is C22H24N2O7S. The van der Waals surface area contributed by atoms with Gasteiger partial charge in [-0.2, -0.15) is 0 Å². The van der Waals surface area contributed by atoms with Crippen LogP contribution in [0, 0.1) is 13.8 Å². The number of sulfonamides is 1. The van der Waals surface area contributed by atoms with E-state index in [4.69, 9.17) is 19.0 Å². The Labute approximate surface area is 185 Å². The third-order valence-electron chi connectivity index (χ3n) is 5.09. The molecule has 0 amide bonds. The molecule has 1 aromatic carbocycles. The van der Waals surface area contributed by atoms with Crippen LogP contribution >= 0.6 is 0 Å². The highest BCUT2D eigenvalue weighted by Crippen LogP contribution is 2.25. The van der Waals surface area contributed by atoms with Gasteiger partial charge in [0.25, 0.3) is 0 Å². The smallest absolute Gasteiger partial charge is 0.338 e. The second-order valence-electron chi connectivity index (χ2n) is 7.27. The number of rotatable bonds is 8. The lowest BCUT2D eigenvalue weighted by Crippen LogP contribution is -2.25. The molecule has 170 valence electrons. The first kappa shape index (κ1) is 23.3. The Balaban J connectivity index is 1.80. The van der Waals surface area contributed by atoms with E-state index in [2.05, 4.69) is 0 Å². The molecule has 2 heterocycles. The van der Waals surface area contributed by atoms with Gasteiger partial charge < -0.3 is 18.5 Å². The number of carbonyl (C=O) groups excluding carboxylic acids is 2. The Hall–Kier alpha value is -3.37. The third kappa shape index (κ3) is 4.76. The second-order valence-corrected chi connectivity index (χ2v) is 8.80. The molecule has 0 saturated carbocycles. The molecule has 0 saturated heterocycles.